The van der Waals surface area contributed by atoms with Crippen LogP contribution in [0.15, 0.2) is 48.5 Å². The fourth-order valence-electron chi connectivity index (χ4n) is 3.79. The van der Waals surface area contributed by atoms with Crippen molar-refractivity contribution in [2.24, 2.45) is 0 Å². The van der Waals surface area contributed by atoms with Crippen LogP contribution in [-0.2, 0) is 17.7 Å². The molecular weight excluding hydrogens is 314 g/mol. The summed E-state index contributed by atoms with van der Waals surface area (Å²) in [5, 5.41) is 0.860. The van der Waals surface area contributed by atoms with E-state index in [9.17, 15) is 9.59 Å². The SMILES string of the molecule is COC(=O)c1cccc2c3c(n(Cc4ccccc4)c12)CCCC3=O. The van der Waals surface area contributed by atoms with E-state index in [1.807, 2.05) is 30.3 Å². The van der Waals surface area contributed by atoms with Crippen LogP contribution in [0.1, 0.15) is 44.8 Å². The van der Waals surface area contributed by atoms with Crippen LogP contribution in [0, 0.1) is 0 Å². The number of para-hydroxylation sites is 1. The van der Waals surface area contributed by atoms with Gasteiger partial charge < -0.3 is 9.30 Å². The largest absolute Gasteiger partial charge is 0.465 e. The first-order valence-electron chi connectivity index (χ1n) is 8.50. The Kier molecular flexibility index (Phi) is 3.88. The van der Waals surface area contributed by atoms with E-state index in [0.717, 1.165) is 40.6 Å². The standard InChI is InChI=1S/C21H19NO3/c1-25-21(24)16-10-5-9-15-19-17(11-6-12-18(19)23)22(20(15)16)13-14-7-3-2-4-8-14/h2-5,7-10H,6,11-13H2,1H3. The van der Waals surface area contributed by atoms with E-state index < -0.39 is 0 Å². The molecule has 4 rings (SSSR count). The predicted molar refractivity (Wildman–Crippen MR) is 96.1 cm³/mol. The number of carbonyl (C=O) groups excluding carboxylic acids is 2. The first-order valence-corrected chi connectivity index (χ1v) is 8.50. The molecule has 0 unspecified atom stereocenters. The maximum absolute atomic E-state index is 12.6. The molecule has 126 valence electrons. The maximum Gasteiger partial charge on any atom is 0.340 e. The zero-order valence-corrected chi connectivity index (χ0v) is 14.1. The molecule has 4 heteroatoms. The number of hydrogen-bond donors (Lipinski definition) is 0. The van der Waals surface area contributed by atoms with E-state index in [1.54, 1.807) is 6.07 Å². The summed E-state index contributed by atoms with van der Waals surface area (Å²) in [4.78, 5) is 24.9. The van der Waals surface area contributed by atoms with Gasteiger partial charge in [-0.2, -0.15) is 0 Å². The molecule has 1 heterocycles. The highest BCUT2D eigenvalue weighted by atomic mass is 16.5. The van der Waals surface area contributed by atoms with Gasteiger partial charge in [-0.3, -0.25) is 4.79 Å². The molecule has 0 amide bonds. The van der Waals surface area contributed by atoms with E-state index in [-0.39, 0.29) is 11.8 Å². The molecule has 4 nitrogen and oxygen atoms in total. The third-order valence-corrected chi connectivity index (χ3v) is 4.87. The monoisotopic (exact) mass is 333 g/mol. The zero-order valence-electron chi connectivity index (χ0n) is 14.1. The van der Waals surface area contributed by atoms with Crippen molar-refractivity contribution < 1.29 is 14.3 Å². The van der Waals surface area contributed by atoms with Crippen molar-refractivity contribution >= 4 is 22.7 Å². The van der Waals surface area contributed by atoms with E-state index in [0.29, 0.717) is 18.5 Å². The van der Waals surface area contributed by atoms with E-state index in [1.165, 1.54) is 7.11 Å². The second-order valence-corrected chi connectivity index (χ2v) is 6.36. The lowest BCUT2D eigenvalue weighted by molar-refractivity contribution is 0.0602. The van der Waals surface area contributed by atoms with Crippen LogP contribution in [0.3, 0.4) is 0 Å². The molecule has 1 aromatic heterocycles. The van der Waals surface area contributed by atoms with Gasteiger partial charge in [-0.1, -0.05) is 42.5 Å². The number of Topliss-reactive ketones (excluding diaryl/α,β-unsaturated/α-hetero) is 1. The van der Waals surface area contributed by atoms with Crippen molar-refractivity contribution in [3.8, 4) is 0 Å². The first-order chi connectivity index (χ1) is 12.2. The third kappa shape index (κ3) is 2.54. The van der Waals surface area contributed by atoms with Crippen molar-refractivity contribution in [3.05, 3.63) is 70.9 Å². The number of rotatable bonds is 3. The number of carbonyl (C=O) groups is 2. The molecular formula is C21H19NO3. The van der Waals surface area contributed by atoms with Gasteiger partial charge >= 0.3 is 5.97 Å². The summed E-state index contributed by atoms with van der Waals surface area (Å²) in [6, 6.07) is 15.6. The molecule has 0 atom stereocenters. The number of nitrogens with zero attached hydrogens (tertiary/aromatic N) is 1. The van der Waals surface area contributed by atoms with Crippen molar-refractivity contribution in [2.45, 2.75) is 25.8 Å². The van der Waals surface area contributed by atoms with Crippen LogP contribution in [-0.4, -0.2) is 23.4 Å². The Morgan fingerprint density at radius 2 is 1.88 bits per heavy atom. The topological polar surface area (TPSA) is 48.3 Å². The average molecular weight is 333 g/mol. The molecule has 0 aliphatic heterocycles. The molecule has 0 spiro atoms. The Morgan fingerprint density at radius 3 is 2.64 bits per heavy atom. The molecule has 3 aromatic rings. The van der Waals surface area contributed by atoms with Gasteiger partial charge in [0.15, 0.2) is 5.78 Å². The van der Waals surface area contributed by atoms with E-state index in [4.69, 9.17) is 4.74 Å². The Labute approximate surface area is 146 Å². The number of methoxy groups -OCH3 is 1. The van der Waals surface area contributed by atoms with Crippen molar-refractivity contribution in [2.75, 3.05) is 7.11 Å². The molecule has 0 radical (unpaired) electrons. The minimum absolute atomic E-state index is 0.167. The van der Waals surface area contributed by atoms with Crippen LogP contribution in [0.5, 0.6) is 0 Å². The van der Waals surface area contributed by atoms with Crippen LogP contribution >= 0.6 is 0 Å². The lowest BCUT2D eigenvalue weighted by Crippen LogP contribution is -2.14. The first kappa shape index (κ1) is 15.6. The van der Waals surface area contributed by atoms with Crippen LogP contribution in [0.2, 0.25) is 0 Å². The molecule has 0 fully saturated rings. The number of hydrogen-bond acceptors (Lipinski definition) is 3. The van der Waals surface area contributed by atoms with Gasteiger partial charge in [0.25, 0.3) is 0 Å². The summed E-state index contributed by atoms with van der Waals surface area (Å²) >= 11 is 0. The maximum atomic E-state index is 12.6. The van der Waals surface area contributed by atoms with Gasteiger partial charge in [0, 0.05) is 29.6 Å². The second kappa shape index (κ2) is 6.20. The highest BCUT2D eigenvalue weighted by Crippen LogP contribution is 2.34. The normalized spacial score (nSPS) is 13.7. The second-order valence-electron chi connectivity index (χ2n) is 6.36. The van der Waals surface area contributed by atoms with Crippen LogP contribution in [0.25, 0.3) is 10.9 Å². The van der Waals surface area contributed by atoms with E-state index >= 15 is 0 Å². The zero-order chi connectivity index (χ0) is 17.4. The average Bonchev–Trinajstić information content (AvgIpc) is 2.97. The summed E-state index contributed by atoms with van der Waals surface area (Å²) in [5.41, 5.74) is 4.27. The number of ketones is 1. The Hall–Kier alpha value is -2.88. The van der Waals surface area contributed by atoms with Crippen molar-refractivity contribution in [3.63, 3.8) is 0 Å². The Morgan fingerprint density at radius 1 is 1.08 bits per heavy atom. The minimum atomic E-state index is -0.373. The number of ether oxygens (including phenoxy) is 1. The Balaban J connectivity index is 2.02. The quantitative estimate of drug-likeness (QED) is 0.681. The molecule has 0 bridgehead atoms. The number of benzene rings is 2. The van der Waals surface area contributed by atoms with Gasteiger partial charge in [0.05, 0.1) is 18.2 Å². The van der Waals surface area contributed by atoms with Gasteiger partial charge in [0.1, 0.15) is 0 Å². The molecule has 25 heavy (non-hydrogen) atoms. The van der Waals surface area contributed by atoms with Gasteiger partial charge in [0.2, 0.25) is 0 Å². The molecule has 1 aliphatic carbocycles. The summed E-state index contributed by atoms with van der Waals surface area (Å²) in [7, 11) is 1.39. The van der Waals surface area contributed by atoms with Crippen molar-refractivity contribution in [1.29, 1.82) is 0 Å². The van der Waals surface area contributed by atoms with Gasteiger partial charge in [-0.25, -0.2) is 4.79 Å². The molecule has 0 saturated carbocycles. The fraction of sp³-hybridized carbons (Fsp3) is 0.238. The minimum Gasteiger partial charge on any atom is -0.465 e. The van der Waals surface area contributed by atoms with Crippen LogP contribution in [0.4, 0.5) is 0 Å². The van der Waals surface area contributed by atoms with Crippen LogP contribution < -0.4 is 0 Å². The number of fused-ring (bicyclic) bond motifs is 3. The van der Waals surface area contributed by atoms with E-state index in [2.05, 4.69) is 16.7 Å². The van der Waals surface area contributed by atoms with Crippen molar-refractivity contribution in [1.82, 2.24) is 4.57 Å². The van der Waals surface area contributed by atoms with Gasteiger partial charge in [-0.15, -0.1) is 0 Å². The lowest BCUT2D eigenvalue weighted by atomic mass is 9.94. The fourth-order valence-corrected chi connectivity index (χ4v) is 3.79. The molecule has 2 aromatic carbocycles. The molecule has 0 saturated heterocycles. The Bertz CT molecular complexity index is 970. The highest BCUT2D eigenvalue weighted by molar-refractivity contribution is 6.14. The molecule has 0 N–H and O–H groups in total. The number of aromatic nitrogens is 1. The smallest absolute Gasteiger partial charge is 0.340 e. The summed E-state index contributed by atoms with van der Waals surface area (Å²) < 4.78 is 7.10. The number of esters is 1. The summed E-state index contributed by atoms with van der Waals surface area (Å²) in [6.45, 7) is 0.633. The predicted octanol–water partition coefficient (Wildman–Crippen LogP) is 4.00. The summed E-state index contributed by atoms with van der Waals surface area (Å²) in [6.07, 6.45) is 2.27. The third-order valence-electron chi connectivity index (χ3n) is 4.87. The molecule has 1 aliphatic rings. The highest BCUT2D eigenvalue weighted by Gasteiger charge is 2.28. The lowest BCUT2D eigenvalue weighted by Gasteiger charge is -2.16. The summed E-state index contributed by atoms with van der Waals surface area (Å²) in [5.74, 6) is -0.206. The van der Waals surface area contributed by atoms with Gasteiger partial charge in [-0.05, 0) is 24.5 Å².